The lowest BCUT2D eigenvalue weighted by Crippen LogP contribution is -2.25. The largest absolute Gasteiger partial charge is 0.755 e. The molecule has 3 atom stereocenters. The van der Waals surface area contributed by atoms with Crippen molar-refractivity contribution in [3.8, 4) is 0 Å². The molecule has 3 unspecified atom stereocenters. The Bertz CT molecular complexity index is 340. The van der Waals surface area contributed by atoms with Gasteiger partial charge in [0, 0.05) is 22.9 Å². The summed E-state index contributed by atoms with van der Waals surface area (Å²) in [7, 11) is 0. The van der Waals surface area contributed by atoms with Gasteiger partial charge in [-0.15, -0.1) is 0 Å². The van der Waals surface area contributed by atoms with Crippen LogP contribution in [-0.2, 0) is 11.3 Å². The molecule has 0 aromatic heterocycles. The maximum atomic E-state index is 10.3. The first-order chi connectivity index (χ1) is 7.00. The van der Waals surface area contributed by atoms with Crippen molar-refractivity contribution in [2.75, 3.05) is 4.72 Å². The van der Waals surface area contributed by atoms with E-state index >= 15 is 0 Å². The number of hydrogen-bond acceptors (Lipinski definition) is 4. The van der Waals surface area contributed by atoms with Crippen molar-refractivity contribution in [3.63, 3.8) is 0 Å². The van der Waals surface area contributed by atoms with Gasteiger partial charge in [-0.25, -0.2) is 0 Å². The lowest BCUT2D eigenvalue weighted by Gasteiger charge is -2.15. The molecule has 0 fully saturated rings. The molecule has 0 bridgehead atoms. The molecular weight excluding hydrogens is 216 g/mol. The predicted octanol–water partition coefficient (Wildman–Crippen LogP) is 0.273. The van der Waals surface area contributed by atoms with Gasteiger partial charge in [-0.05, 0) is 17.7 Å². The molecule has 0 aliphatic rings. The first-order valence-corrected chi connectivity index (χ1v) is 5.47. The molecule has 0 radical (unpaired) electrons. The maximum Gasteiger partial charge on any atom is 0.109 e. The number of nitrogens with two attached hydrogens (primary N) is 1. The minimum atomic E-state index is -2.32. The Morgan fingerprint density at radius 3 is 2.40 bits per heavy atom. The van der Waals surface area contributed by atoms with Gasteiger partial charge in [-0.1, -0.05) is 19.1 Å². The molecule has 84 valence electrons. The number of benzene rings is 1. The number of aliphatic hydroxyl groups is 1. The van der Waals surface area contributed by atoms with Crippen LogP contribution in [0.25, 0.3) is 0 Å². The molecule has 0 spiro atoms. The third kappa shape index (κ3) is 3.60. The summed E-state index contributed by atoms with van der Waals surface area (Å²) in [5.74, 6) is -0.184. The van der Waals surface area contributed by atoms with Gasteiger partial charge in [0.25, 0.3) is 0 Å². The second kappa shape index (κ2) is 5.22. The van der Waals surface area contributed by atoms with Gasteiger partial charge in [-0.3, -0.25) is 4.21 Å². The van der Waals surface area contributed by atoms with E-state index in [2.05, 4.69) is 4.72 Å². The van der Waals surface area contributed by atoms with Crippen LogP contribution in [-0.4, -0.2) is 20.1 Å². The molecule has 0 saturated heterocycles. The van der Waals surface area contributed by atoms with Gasteiger partial charge in [0.1, 0.15) is 6.23 Å². The van der Waals surface area contributed by atoms with E-state index in [0.29, 0.717) is 5.69 Å². The van der Waals surface area contributed by atoms with E-state index in [0.717, 1.165) is 5.56 Å². The zero-order valence-electron chi connectivity index (χ0n) is 8.21. The van der Waals surface area contributed by atoms with Crippen molar-refractivity contribution in [1.29, 1.82) is 0 Å². The van der Waals surface area contributed by atoms with Gasteiger partial charge >= 0.3 is 0 Å². The van der Waals surface area contributed by atoms with Crippen LogP contribution in [0.3, 0.4) is 0 Å². The molecule has 1 aromatic rings. The SMILES string of the molecule is CC(c1ccc(NS(=O)[O-])cc1)C(N)O. The quantitative estimate of drug-likeness (QED) is 0.510. The molecule has 0 saturated carbocycles. The van der Waals surface area contributed by atoms with Crippen molar-refractivity contribution in [2.24, 2.45) is 5.73 Å². The van der Waals surface area contributed by atoms with Gasteiger partial charge < -0.3 is 20.1 Å². The summed E-state index contributed by atoms with van der Waals surface area (Å²) in [5, 5.41) is 9.15. The summed E-state index contributed by atoms with van der Waals surface area (Å²) in [6.07, 6.45) is -0.919. The Labute approximate surface area is 90.7 Å². The highest BCUT2D eigenvalue weighted by molar-refractivity contribution is 7.80. The minimum Gasteiger partial charge on any atom is -0.755 e. The van der Waals surface area contributed by atoms with Crippen molar-refractivity contribution < 1.29 is 13.9 Å². The van der Waals surface area contributed by atoms with Gasteiger partial charge in [0.2, 0.25) is 0 Å². The van der Waals surface area contributed by atoms with E-state index < -0.39 is 17.5 Å². The normalized spacial score (nSPS) is 16.8. The van der Waals surface area contributed by atoms with Gasteiger partial charge in [0.15, 0.2) is 0 Å². The van der Waals surface area contributed by atoms with E-state index in [1.165, 1.54) is 0 Å². The summed E-state index contributed by atoms with van der Waals surface area (Å²) in [6, 6.07) is 6.67. The average Bonchev–Trinajstić information content (AvgIpc) is 2.17. The molecule has 0 heterocycles. The molecule has 1 rings (SSSR count). The lowest BCUT2D eigenvalue weighted by molar-refractivity contribution is 0.156. The topological polar surface area (TPSA) is 98.4 Å². The van der Waals surface area contributed by atoms with E-state index in [1.807, 2.05) is 0 Å². The fraction of sp³-hybridized carbons (Fsp3) is 0.333. The number of anilines is 1. The van der Waals surface area contributed by atoms with Gasteiger partial charge in [0.05, 0.1) is 0 Å². The molecule has 1 aromatic carbocycles. The fourth-order valence-electron chi connectivity index (χ4n) is 1.15. The zero-order chi connectivity index (χ0) is 11.4. The van der Waals surface area contributed by atoms with Crippen LogP contribution >= 0.6 is 0 Å². The molecule has 0 aliphatic carbocycles. The summed E-state index contributed by atoms with van der Waals surface area (Å²) < 4.78 is 22.9. The van der Waals surface area contributed by atoms with Crippen LogP contribution in [0.5, 0.6) is 0 Å². The van der Waals surface area contributed by atoms with Crippen molar-refractivity contribution in [1.82, 2.24) is 0 Å². The summed E-state index contributed by atoms with van der Waals surface area (Å²) in [5.41, 5.74) is 6.66. The van der Waals surface area contributed by atoms with Crippen molar-refractivity contribution in [3.05, 3.63) is 29.8 Å². The third-order valence-corrected chi connectivity index (χ3v) is 2.55. The van der Waals surface area contributed by atoms with Crippen LogP contribution in [0, 0.1) is 0 Å². The zero-order valence-corrected chi connectivity index (χ0v) is 9.03. The van der Waals surface area contributed by atoms with Crippen molar-refractivity contribution >= 4 is 17.0 Å². The first-order valence-electron chi connectivity index (χ1n) is 4.40. The second-order valence-corrected chi connectivity index (χ2v) is 3.91. The average molecular weight is 229 g/mol. The molecule has 6 heteroatoms. The van der Waals surface area contributed by atoms with Crippen LogP contribution in [0.1, 0.15) is 18.4 Å². The lowest BCUT2D eigenvalue weighted by atomic mass is 10.00. The van der Waals surface area contributed by atoms with E-state index in [1.54, 1.807) is 31.2 Å². The van der Waals surface area contributed by atoms with Crippen LogP contribution in [0.15, 0.2) is 24.3 Å². The van der Waals surface area contributed by atoms with Gasteiger partial charge in [-0.2, -0.15) is 0 Å². The minimum absolute atomic E-state index is 0.184. The number of hydrogen-bond donors (Lipinski definition) is 3. The molecule has 0 aliphatic heterocycles. The highest BCUT2D eigenvalue weighted by Gasteiger charge is 2.11. The highest BCUT2D eigenvalue weighted by atomic mass is 32.2. The van der Waals surface area contributed by atoms with Crippen molar-refractivity contribution in [2.45, 2.75) is 19.1 Å². The highest BCUT2D eigenvalue weighted by Crippen LogP contribution is 2.19. The molecule has 5 nitrogen and oxygen atoms in total. The summed E-state index contributed by atoms with van der Waals surface area (Å²) >= 11 is -2.32. The van der Waals surface area contributed by atoms with Crippen LogP contribution in [0.4, 0.5) is 5.69 Å². The Kier molecular flexibility index (Phi) is 4.22. The molecule has 0 amide bonds. The monoisotopic (exact) mass is 229 g/mol. The summed E-state index contributed by atoms with van der Waals surface area (Å²) in [6.45, 7) is 1.79. The van der Waals surface area contributed by atoms with Crippen LogP contribution in [0.2, 0.25) is 0 Å². The molecule has 15 heavy (non-hydrogen) atoms. The number of rotatable bonds is 4. The van der Waals surface area contributed by atoms with E-state index in [-0.39, 0.29) is 5.92 Å². The Balaban J connectivity index is 2.76. The third-order valence-electron chi connectivity index (χ3n) is 2.15. The van der Waals surface area contributed by atoms with E-state index in [9.17, 15) is 8.76 Å². The predicted molar refractivity (Wildman–Crippen MR) is 57.6 cm³/mol. The Hall–Kier alpha value is -0.950. The molecule has 4 N–H and O–H groups in total. The first kappa shape index (κ1) is 12.1. The smallest absolute Gasteiger partial charge is 0.109 e. The van der Waals surface area contributed by atoms with Crippen LogP contribution < -0.4 is 10.5 Å². The summed E-state index contributed by atoms with van der Waals surface area (Å²) in [4.78, 5) is 0. The standard InChI is InChI=1S/C9H14N2O3S/c1-6(9(10)12)7-2-4-8(5-3-7)11-15(13)14/h2-6,9,11-12H,10H2,1H3,(H,13,14)/p-1. The fourth-order valence-corrected chi connectivity index (χ4v) is 1.48. The van der Waals surface area contributed by atoms with E-state index in [4.69, 9.17) is 10.8 Å². The Morgan fingerprint density at radius 2 is 2.00 bits per heavy atom. The molecular formula is C9H13N2O3S-. The number of nitrogens with one attached hydrogen (secondary N) is 1. The number of aliphatic hydroxyl groups excluding tert-OH is 1. The second-order valence-electron chi connectivity index (χ2n) is 3.24. The Morgan fingerprint density at radius 1 is 1.47 bits per heavy atom. The maximum absolute atomic E-state index is 10.3.